The molecule has 1 fully saturated rings. The molecular formula is C9H18N2O3. The molecule has 0 aromatic carbocycles. The van der Waals surface area contributed by atoms with Crippen molar-refractivity contribution in [3.05, 3.63) is 0 Å². The van der Waals surface area contributed by atoms with E-state index < -0.39 is 11.5 Å². The highest BCUT2D eigenvalue weighted by atomic mass is 16.5. The molecule has 0 saturated carbocycles. The highest BCUT2D eigenvalue weighted by Gasteiger charge is 2.30. The topological polar surface area (TPSA) is 75.8 Å². The molecule has 5 heteroatoms. The van der Waals surface area contributed by atoms with Crippen molar-refractivity contribution in [1.29, 1.82) is 0 Å². The number of carboxylic acid groups (broad SMARTS) is 1. The van der Waals surface area contributed by atoms with Gasteiger partial charge in [0.2, 0.25) is 0 Å². The van der Waals surface area contributed by atoms with Crippen LogP contribution in [0.1, 0.15) is 13.3 Å². The van der Waals surface area contributed by atoms with Crippen molar-refractivity contribution in [2.45, 2.75) is 18.9 Å². The minimum Gasteiger partial charge on any atom is -0.480 e. The minimum atomic E-state index is -1.16. The van der Waals surface area contributed by atoms with Crippen LogP contribution in [0.25, 0.3) is 0 Å². The van der Waals surface area contributed by atoms with Crippen molar-refractivity contribution in [2.24, 2.45) is 5.73 Å². The van der Waals surface area contributed by atoms with Crippen LogP contribution in [0.5, 0.6) is 0 Å². The zero-order valence-electron chi connectivity index (χ0n) is 8.53. The number of carbonyl (C=O) groups is 1. The first-order valence-corrected chi connectivity index (χ1v) is 4.85. The van der Waals surface area contributed by atoms with E-state index in [1.165, 1.54) is 0 Å². The Hall–Kier alpha value is -0.650. The van der Waals surface area contributed by atoms with E-state index in [0.29, 0.717) is 13.2 Å². The molecule has 1 unspecified atom stereocenters. The lowest BCUT2D eigenvalue weighted by Crippen LogP contribution is -2.54. The largest absolute Gasteiger partial charge is 0.480 e. The predicted octanol–water partition coefficient (Wildman–Crippen LogP) is -0.489. The number of rotatable bonds is 3. The van der Waals surface area contributed by atoms with Gasteiger partial charge in [-0.25, -0.2) is 0 Å². The second-order valence-electron chi connectivity index (χ2n) is 3.96. The van der Waals surface area contributed by atoms with Crippen molar-refractivity contribution in [3.63, 3.8) is 0 Å². The lowest BCUT2D eigenvalue weighted by atomic mass is 10.0. The first-order chi connectivity index (χ1) is 6.52. The van der Waals surface area contributed by atoms with Gasteiger partial charge in [0.05, 0.1) is 6.61 Å². The summed E-state index contributed by atoms with van der Waals surface area (Å²) in [4.78, 5) is 12.8. The van der Waals surface area contributed by atoms with Gasteiger partial charge in [0.25, 0.3) is 0 Å². The summed E-state index contributed by atoms with van der Waals surface area (Å²) >= 11 is 0. The minimum absolute atomic E-state index is 0.381. The molecule has 0 aromatic heterocycles. The van der Waals surface area contributed by atoms with Gasteiger partial charge in [-0.15, -0.1) is 0 Å². The smallest absolute Gasteiger partial charge is 0.324 e. The van der Waals surface area contributed by atoms with Gasteiger partial charge >= 0.3 is 5.97 Å². The molecular weight excluding hydrogens is 184 g/mol. The van der Waals surface area contributed by atoms with Gasteiger partial charge in [0.1, 0.15) is 5.54 Å². The number of hydrogen-bond acceptors (Lipinski definition) is 4. The summed E-state index contributed by atoms with van der Waals surface area (Å²) in [5.41, 5.74) is 4.50. The third-order valence-corrected chi connectivity index (χ3v) is 2.36. The molecule has 0 spiro atoms. The van der Waals surface area contributed by atoms with Crippen LogP contribution in [0.4, 0.5) is 0 Å². The van der Waals surface area contributed by atoms with Gasteiger partial charge < -0.3 is 15.6 Å². The van der Waals surface area contributed by atoms with Crippen LogP contribution >= 0.6 is 0 Å². The van der Waals surface area contributed by atoms with Gasteiger partial charge in [-0.3, -0.25) is 9.69 Å². The Morgan fingerprint density at radius 2 is 2.29 bits per heavy atom. The van der Waals surface area contributed by atoms with E-state index >= 15 is 0 Å². The third-order valence-electron chi connectivity index (χ3n) is 2.36. The Morgan fingerprint density at radius 3 is 2.93 bits per heavy atom. The van der Waals surface area contributed by atoms with Gasteiger partial charge in [-0.05, 0) is 13.3 Å². The SMILES string of the molecule is CC(N)(CN1CCCOCC1)C(=O)O. The molecule has 0 amide bonds. The molecule has 82 valence electrons. The van der Waals surface area contributed by atoms with E-state index in [9.17, 15) is 4.79 Å². The Kier molecular flexibility index (Phi) is 3.86. The maximum absolute atomic E-state index is 10.8. The van der Waals surface area contributed by atoms with E-state index in [2.05, 4.69) is 0 Å². The van der Waals surface area contributed by atoms with E-state index in [1.54, 1.807) is 6.92 Å². The summed E-state index contributed by atoms with van der Waals surface area (Å²) in [6.07, 6.45) is 0.940. The van der Waals surface area contributed by atoms with Crippen LogP contribution in [0.3, 0.4) is 0 Å². The third kappa shape index (κ3) is 3.25. The Balaban J connectivity index is 2.45. The maximum Gasteiger partial charge on any atom is 0.324 e. The highest BCUT2D eigenvalue weighted by Crippen LogP contribution is 2.06. The second kappa shape index (κ2) is 4.72. The fourth-order valence-corrected chi connectivity index (χ4v) is 1.49. The number of ether oxygens (including phenoxy) is 1. The molecule has 1 saturated heterocycles. The summed E-state index contributed by atoms with van der Waals surface area (Å²) in [6, 6.07) is 0. The average Bonchev–Trinajstić information content (AvgIpc) is 2.32. The molecule has 5 nitrogen and oxygen atoms in total. The monoisotopic (exact) mass is 202 g/mol. The first kappa shape index (κ1) is 11.4. The lowest BCUT2D eigenvalue weighted by molar-refractivity contribution is -0.143. The van der Waals surface area contributed by atoms with Crippen LogP contribution in [0.2, 0.25) is 0 Å². The average molecular weight is 202 g/mol. The molecule has 1 aliphatic rings. The molecule has 3 N–H and O–H groups in total. The Morgan fingerprint density at radius 1 is 1.57 bits per heavy atom. The fraction of sp³-hybridized carbons (Fsp3) is 0.889. The van der Waals surface area contributed by atoms with Gasteiger partial charge in [-0.1, -0.05) is 0 Å². The van der Waals surface area contributed by atoms with Crippen molar-refractivity contribution in [3.8, 4) is 0 Å². The molecule has 1 rings (SSSR count). The standard InChI is InChI=1S/C9H18N2O3/c1-9(10,8(12)13)7-11-3-2-5-14-6-4-11/h2-7,10H2,1H3,(H,12,13). The van der Waals surface area contributed by atoms with Crippen molar-refractivity contribution in [1.82, 2.24) is 4.90 Å². The normalized spacial score (nSPS) is 23.9. The first-order valence-electron chi connectivity index (χ1n) is 4.85. The van der Waals surface area contributed by atoms with Gasteiger partial charge in [0.15, 0.2) is 0 Å². The van der Waals surface area contributed by atoms with E-state index in [1.807, 2.05) is 4.90 Å². The molecule has 1 atom stereocenters. The summed E-state index contributed by atoms with van der Waals surface area (Å²) in [5, 5.41) is 8.86. The van der Waals surface area contributed by atoms with Crippen molar-refractivity contribution in [2.75, 3.05) is 32.8 Å². The van der Waals surface area contributed by atoms with Gasteiger partial charge in [0, 0.05) is 26.2 Å². The fourth-order valence-electron chi connectivity index (χ4n) is 1.49. The Labute approximate surface area is 83.8 Å². The molecule has 0 bridgehead atoms. The number of aliphatic carboxylic acids is 1. The van der Waals surface area contributed by atoms with Gasteiger partial charge in [-0.2, -0.15) is 0 Å². The summed E-state index contributed by atoms with van der Waals surface area (Å²) < 4.78 is 5.27. The molecule has 1 aliphatic heterocycles. The van der Waals surface area contributed by atoms with Crippen LogP contribution < -0.4 is 5.73 Å². The van der Waals surface area contributed by atoms with Crippen LogP contribution in [0, 0.1) is 0 Å². The second-order valence-corrected chi connectivity index (χ2v) is 3.96. The summed E-state index contributed by atoms with van der Waals surface area (Å²) in [7, 11) is 0. The Bertz CT molecular complexity index is 198. The molecule has 1 heterocycles. The maximum atomic E-state index is 10.8. The zero-order chi connectivity index (χ0) is 10.6. The molecule has 0 radical (unpaired) electrons. The highest BCUT2D eigenvalue weighted by molar-refractivity contribution is 5.78. The number of nitrogens with two attached hydrogens (primary N) is 1. The van der Waals surface area contributed by atoms with Crippen LogP contribution in [-0.2, 0) is 9.53 Å². The lowest BCUT2D eigenvalue weighted by Gasteiger charge is -2.27. The molecule has 14 heavy (non-hydrogen) atoms. The van der Waals surface area contributed by atoms with Crippen LogP contribution in [0.15, 0.2) is 0 Å². The summed E-state index contributed by atoms with van der Waals surface area (Å²) in [6.45, 7) is 4.97. The number of nitrogens with zero attached hydrogens (tertiary/aromatic N) is 1. The zero-order valence-corrected chi connectivity index (χ0v) is 8.53. The predicted molar refractivity (Wildman–Crippen MR) is 52.1 cm³/mol. The van der Waals surface area contributed by atoms with Crippen LogP contribution in [-0.4, -0.2) is 54.4 Å². The number of hydrogen-bond donors (Lipinski definition) is 2. The van der Waals surface area contributed by atoms with E-state index in [4.69, 9.17) is 15.6 Å². The van der Waals surface area contributed by atoms with E-state index in [0.717, 1.165) is 26.1 Å². The van der Waals surface area contributed by atoms with Crippen molar-refractivity contribution >= 4 is 5.97 Å². The molecule has 0 aromatic rings. The summed E-state index contributed by atoms with van der Waals surface area (Å²) in [5.74, 6) is -0.956. The quantitative estimate of drug-likeness (QED) is 0.646. The number of carboxylic acids is 1. The molecule has 0 aliphatic carbocycles. The van der Waals surface area contributed by atoms with Crippen molar-refractivity contribution < 1.29 is 14.6 Å². The van der Waals surface area contributed by atoms with E-state index in [-0.39, 0.29) is 0 Å².